The topological polar surface area (TPSA) is 74.8 Å². The molecule has 35 heavy (non-hydrogen) atoms. The van der Waals surface area contributed by atoms with Crippen molar-refractivity contribution in [2.75, 3.05) is 9.80 Å². The number of carbonyl (C=O) groups excluding carboxylic acids is 4. The average Bonchev–Trinajstić information content (AvgIpc) is 3.31. The fraction of sp³-hybridized carbons (Fsp3) is 0.379. The number of anilines is 2. The predicted molar refractivity (Wildman–Crippen MR) is 134 cm³/mol. The van der Waals surface area contributed by atoms with E-state index in [-0.39, 0.29) is 36.0 Å². The van der Waals surface area contributed by atoms with E-state index in [2.05, 4.69) is 13.8 Å². The molecule has 4 amide bonds. The van der Waals surface area contributed by atoms with Gasteiger partial charge in [-0.05, 0) is 67.5 Å². The number of benzene rings is 2. The SMILES string of the molecule is CCc1ccc(N2C(=O)[C@@H]3C(C)=C[C@@H]([C@H]4CC(=O)N(c5ccc(CC)cc5)C4=O)C[C@@H]3C2=O)cc1. The van der Waals surface area contributed by atoms with Gasteiger partial charge in [-0.25, -0.2) is 4.90 Å². The Hall–Kier alpha value is -3.54. The summed E-state index contributed by atoms with van der Waals surface area (Å²) in [6.07, 6.45) is 4.22. The summed E-state index contributed by atoms with van der Waals surface area (Å²) >= 11 is 0. The number of hydrogen-bond donors (Lipinski definition) is 0. The number of aryl methyl sites for hydroxylation is 2. The first-order valence-corrected chi connectivity index (χ1v) is 12.4. The number of nitrogens with zero attached hydrogens (tertiary/aromatic N) is 2. The Labute approximate surface area is 205 Å². The van der Waals surface area contributed by atoms with Gasteiger partial charge in [-0.3, -0.25) is 24.1 Å². The van der Waals surface area contributed by atoms with Crippen LogP contribution in [-0.2, 0) is 32.0 Å². The van der Waals surface area contributed by atoms with Gasteiger partial charge in [0, 0.05) is 6.42 Å². The highest BCUT2D eigenvalue weighted by Crippen LogP contribution is 2.46. The second-order valence-corrected chi connectivity index (χ2v) is 9.82. The van der Waals surface area contributed by atoms with Crippen molar-refractivity contribution in [1.82, 2.24) is 0 Å². The molecule has 0 bridgehead atoms. The minimum absolute atomic E-state index is 0.116. The van der Waals surface area contributed by atoms with Gasteiger partial charge in [-0.1, -0.05) is 49.8 Å². The van der Waals surface area contributed by atoms with Crippen molar-refractivity contribution in [3.8, 4) is 0 Å². The fourth-order valence-electron chi connectivity index (χ4n) is 5.84. The molecular weight excluding hydrogens is 440 g/mol. The molecule has 2 aliphatic heterocycles. The molecular formula is C29H30N2O4. The Balaban J connectivity index is 1.38. The van der Waals surface area contributed by atoms with Gasteiger partial charge in [-0.2, -0.15) is 0 Å². The number of amides is 4. The van der Waals surface area contributed by atoms with Gasteiger partial charge in [0.05, 0.1) is 29.1 Å². The van der Waals surface area contributed by atoms with Gasteiger partial charge in [0.25, 0.3) is 0 Å². The monoisotopic (exact) mass is 470 g/mol. The van der Waals surface area contributed by atoms with E-state index in [9.17, 15) is 19.2 Å². The molecule has 0 saturated carbocycles. The zero-order valence-electron chi connectivity index (χ0n) is 20.4. The summed E-state index contributed by atoms with van der Waals surface area (Å²) in [6.45, 7) is 5.97. The van der Waals surface area contributed by atoms with Crippen LogP contribution in [0.4, 0.5) is 11.4 Å². The molecule has 0 spiro atoms. The van der Waals surface area contributed by atoms with Crippen LogP contribution in [0.3, 0.4) is 0 Å². The van der Waals surface area contributed by atoms with E-state index >= 15 is 0 Å². The lowest BCUT2D eigenvalue weighted by atomic mass is 9.71. The van der Waals surface area contributed by atoms with E-state index in [1.54, 1.807) is 0 Å². The van der Waals surface area contributed by atoms with Crippen molar-refractivity contribution in [2.24, 2.45) is 23.7 Å². The van der Waals surface area contributed by atoms with Gasteiger partial charge >= 0.3 is 0 Å². The Kier molecular flexibility index (Phi) is 5.91. The first-order chi connectivity index (χ1) is 16.8. The Morgan fingerprint density at radius 3 is 1.77 bits per heavy atom. The number of fused-ring (bicyclic) bond motifs is 1. The largest absolute Gasteiger partial charge is 0.274 e. The zero-order valence-corrected chi connectivity index (χ0v) is 20.4. The maximum Gasteiger partial charge on any atom is 0.241 e. The first-order valence-electron chi connectivity index (χ1n) is 12.4. The van der Waals surface area contributed by atoms with E-state index in [0.717, 1.165) is 29.5 Å². The Morgan fingerprint density at radius 1 is 0.714 bits per heavy atom. The van der Waals surface area contributed by atoms with Crippen LogP contribution in [-0.4, -0.2) is 23.6 Å². The molecule has 1 aliphatic carbocycles. The summed E-state index contributed by atoms with van der Waals surface area (Å²) < 4.78 is 0. The van der Waals surface area contributed by atoms with Crippen molar-refractivity contribution in [3.63, 3.8) is 0 Å². The molecule has 2 saturated heterocycles. The first kappa shape index (κ1) is 23.2. The van der Waals surface area contributed by atoms with E-state index in [4.69, 9.17) is 0 Å². The lowest BCUT2D eigenvalue weighted by Gasteiger charge is -2.29. The molecule has 6 nitrogen and oxygen atoms in total. The molecule has 2 aromatic rings. The second-order valence-electron chi connectivity index (χ2n) is 9.82. The van der Waals surface area contributed by atoms with Crippen LogP contribution in [0.2, 0.25) is 0 Å². The lowest BCUT2D eigenvalue weighted by Crippen LogP contribution is -2.35. The molecule has 3 aliphatic rings. The number of rotatable bonds is 5. The van der Waals surface area contributed by atoms with Crippen LogP contribution < -0.4 is 9.80 Å². The van der Waals surface area contributed by atoms with Crippen LogP contribution >= 0.6 is 0 Å². The molecule has 6 heteroatoms. The summed E-state index contributed by atoms with van der Waals surface area (Å²) in [5.74, 6) is -2.66. The van der Waals surface area contributed by atoms with Crippen LogP contribution in [0.5, 0.6) is 0 Å². The molecule has 4 atom stereocenters. The standard InChI is InChI=1S/C29H30N2O4/c1-4-18-6-10-21(11-7-18)30-25(32)16-23(27(30)33)20-14-17(3)26-24(15-20)28(34)31(29(26)35)22-12-8-19(5-2)9-13-22/h6-14,20,23-24,26H,4-5,15-16H2,1-3H3/t20-,23-,24+,26-/m1/s1. The summed E-state index contributed by atoms with van der Waals surface area (Å²) in [4.78, 5) is 55.5. The van der Waals surface area contributed by atoms with Gasteiger partial charge < -0.3 is 0 Å². The maximum absolute atomic E-state index is 13.4. The van der Waals surface area contributed by atoms with Crippen LogP contribution in [0.1, 0.15) is 44.7 Å². The number of imide groups is 2. The van der Waals surface area contributed by atoms with Crippen molar-refractivity contribution in [2.45, 2.75) is 46.5 Å². The Bertz CT molecular complexity index is 1230. The van der Waals surface area contributed by atoms with Gasteiger partial charge in [-0.15, -0.1) is 0 Å². The van der Waals surface area contributed by atoms with Crippen LogP contribution in [0.25, 0.3) is 0 Å². The number of carbonyl (C=O) groups is 4. The van der Waals surface area contributed by atoms with Crippen LogP contribution in [0.15, 0.2) is 60.2 Å². The van der Waals surface area contributed by atoms with Gasteiger partial charge in [0.2, 0.25) is 23.6 Å². The van der Waals surface area contributed by atoms with Crippen molar-refractivity contribution >= 4 is 35.0 Å². The molecule has 2 aromatic carbocycles. The average molecular weight is 471 g/mol. The second kappa shape index (κ2) is 8.91. The highest BCUT2D eigenvalue weighted by Gasteiger charge is 2.53. The number of allylic oxidation sites excluding steroid dienone is 1. The maximum atomic E-state index is 13.4. The van der Waals surface area contributed by atoms with Crippen molar-refractivity contribution < 1.29 is 19.2 Å². The molecule has 0 unspecified atom stereocenters. The summed E-state index contributed by atoms with van der Waals surface area (Å²) in [5.41, 5.74) is 4.26. The quantitative estimate of drug-likeness (QED) is 0.478. The third-order valence-corrected chi connectivity index (χ3v) is 7.82. The molecule has 5 rings (SSSR count). The fourth-order valence-corrected chi connectivity index (χ4v) is 5.84. The molecule has 2 heterocycles. The van der Waals surface area contributed by atoms with Gasteiger partial charge in [0.15, 0.2) is 0 Å². The normalized spacial score (nSPS) is 26.4. The zero-order chi connectivity index (χ0) is 24.9. The predicted octanol–water partition coefficient (Wildman–Crippen LogP) is 4.46. The van der Waals surface area contributed by atoms with Gasteiger partial charge in [0.1, 0.15) is 0 Å². The summed E-state index contributed by atoms with van der Waals surface area (Å²) in [5, 5.41) is 0. The van der Waals surface area contributed by atoms with E-state index in [1.807, 2.05) is 61.5 Å². The highest BCUT2D eigenvalue weighted by molar-refractivity contribution is 6.23. The van der Waals surface area contributed by atoms with Crippen molar-refractivity contribution in [3.05, 3.63) is 71.3 Å². The lowest BCUT2D eigenvalue weighted by molar-refractivity contribution is -0.125. The third kappa shape index (κ3) is 3.81. The molecule has 0 N–H and O–H groups in total. The van der Waals surface area contributed by atoms with E-state index in [0.29, 0.717) is 17.8 Å². The summed E-state index contributed by atoms with van der Waals surface area (Å²) in [7, 11) is 0. The Morgan fingerprint density at radius 2 is 1.23 bits per heavy atom. The molecule has 0 radical (unpaired) electrons. The molecule has 0 aromatic heterocycles. The van der Waals surface area contributed by atoms with E-state index < -0.39 is 17.8 Å². The van der Waals surface area contributed by atoms with E-state index in [1.165, 1.54) is 9.80 Å². The third-order valence-electron chi connectivity index (χ3n) is 7.82. The van der Waals surface area contributed by atoms with Crippen LogP contribution in [0, 0.1) is 23.7 Å². The molecule has 180 valence electrons. The molecule has 2 fully saturated rings. The smallest absolute Gasteiger partial charge is 0.241 e. The minimum Gasteiger partial charge on any atom is -0.274 e. The number of hydrogen-bond acceptors (Lipinski definition) is 4. The highest BCUT2D eigenvalue weighted by atomic mass is 16.2. The van der Waals surface area contributed by atoms with Crippen molar-refractivity contribution in [1.29, 1.82) is 0 Å². The summed E-state index contributed by atoms with van der Waals surface area (Å²) in [6, 6.07) is 15.0. The minimum atomic E-state index is -0.523.